The smallest absolute Gasteiger partial charge is 0.143 e. The normalized spacial score (nSPS) is 20.5. The molecule has 15 heavy (non-hydrogen) atoms. The maximum atomic E-state index is 4.15. The third kappa shape index (κ3) is 3.14. The molecule has 1 saturated heterocycles. The van der Waals surface area contributed by atoms with Gasteiger partial charge in [0.05, 0.1) is 4.47 Å². The quantitative estimate of drug-likeness (QED) is 0.876. The van der Waals surface area contributed by atoms with Gasteiger partial charge in [-0.2, -0.15) is 0 Å². The van der Waals surface area contributed by atoms with Gasteiger partial charge in [0, 0.05) is 18.8 Å². The Bertz CT molecular complexity index is 312. The number of nitrogens with one attached hydrogen (secondary N) is 2. The molecule has 0 bridgehead atoms. The Balaban J connectivity index is 1.75. The van der Waals surface area contributed by atoms with Crippen molar-refractivity contribution < 1.29 is 0 Å². The summed E-state index contributed by atoms with van der Waals surface area (Å²) < 4.78 is 0.921. The van der Waals surface area contributed by atoms with Crippen molar-refractivity contribution >= 4 is 21.7 Å². The summed E-state index contributed by atoms with van der Waals surface area (Å²) in [5, 5.41) is 6.77. The van der Waals surface area contributed by atoms with Gasteiger partial charge in [0.25, 0.3) is 0 Å². The number of nitrogens with zero attached hydrogens (tertiary/aromatic N) is 2. The van der Waals surface area contributed by atoms with E-state index < -0.39 is 0 Å². The Labute approximate surface area is 98.0 Å². The number of hydrogen-bond acceptors (Lipinski definition) is 4. The van der Waals surface area contributed by atoms with E-state index in [1.54, 1.807) is 12.5 Å². The van der Waals surface area contributed by atoms with Gasteiger partial charge in [-0.25, -0.2) is 9.97 Å². The van der Waals surface area contributed by atoms with Crippen molar-refractivity contribution in [3.05, 3.63) is 17.0 Å². The highest BCUT2D eigenvalue weighted by atomic mass is 79.9. The van der Waals surface area contributed by atoms with Gasteiger partial charge in [0.1, 0.15) is 12.1 Å². The summed E-state index contributed by atoms with van der Waals surface area (Å²) in [6, 6.07) is 0.679. The first-order valence-electron chi connectivity index (χ1n) is 5.29. The zero-order valence-corrected chi connectivity index (χ0v) is 10.1. The lowest BCUT2D eigenvalue weighted by Gasteiger charge is -2.11. The van der Waals surface area contributed by atoms with Gasteiger partial charge < -0.3 is 10.6 Å². The Kier molecular flexibility index (Phi) is 3.91. The molecule has 0 radical (unpaired) electrons. The molecule has 0 amide bonds. The number of hydrogen-bond donors (Lipinski definition) is 2. The molecule has 0 aliphatic carbocycles. The second kappa shape index (κ2) is 5.42. The third-order valence-corrected chi connectivity index (χ3v) is 3.20. The molecule has 82 valence electrons. The zero-order chi connectivity index (χ0) is 10.5. The minimum atomic E-state index is 0.679. The number of anilines is 1. The molecule has 2 heterocycles. The van der Waals surface area contributed by atoms with Crippen LogP contribution in [0.1, 0.15) is 19.3 Å². The second-order valence-electron chi connectivity index (χ2n) is 3.73. The molecule has 0 unspecified atom stereocenters. The van der Waals surface area contributed by atoms with Gasteiger partial charge in [0.15, 0.2) is 0 Å². The summed E-state index contributed by atoms with van der Waals surface area (Å²) in [6.07, 6.45) is 7.06. The molecule has 2 N–H and O–H groups in total. The Hall–Kier alpha value is -0.680. The Morgan fingerprint density at radius 3 is 3.27 bits per heavy atom. The number of rotatable bonds is 4. The lowest BCUT2D eigenvalue weighted by molar-refractivity contribution is 0.574. The summed E-state index contributed by atoms with van der Waals surface area (Å²) in [5.41, 5.74) is 0. The van der Waals surface area contributed by atoms with Crippen molar-refractivity contribution in [3.8, 4) is 0 Å². The highest BCUT2D eigenvalue weighted by molar-refractivity contribution is 9.10. The Morgan fingerprint density at radius 1 is 1.60 bits per heavy atom. The summed E-state index contributed by atoms with van der Waals surface area (Å²) in [7, 11) is 0. The van der Waals surface area contributed by atoms with Crippen LogP contribution in [0.2, 0.25) is 0 Å². The van der Waals surface area contributed by atoms with Gasteiger partial charge >= 0.3 is 0 Å². The van der Waals surface area contributed by atoms with Gasteiger partial charge in [-0.1, -0.05) is 0 Å². The van der Waals surface area contributed by atoms with Crippen molar-refractivity contribution in [2.24, 2.45) is 0 Å². The van der Waals surface area contributed by atoms with Crippen LogP contribution < -0.4 is 10.6 Å². The first-order valence-corrected chi connectivity index (χ1v) is 6.08. The van der Waals surface area contributed by atoms with E-state index in [-0.39, 0.29) is 0 Å². The molecule has 5 heteroatoms. The van der Waals surface area contributed by atoms with Crippen molar-refractivity contribution in [3.63, 3.8) is 0 Å². The van der Waals surface area contributed by atoms with Crippen LogP contribution in [0.25, 0.3) is 0 Å². The van der Waals surface area contributed by atoms with E-state index in [9.17, 15) is 0 Å². The molecule has 1 aromatic heterocycles. The third-order valence-electron chi connectivity index (χ3n) is 2.62. The van der Waals surface area contributed by atoms with Crippen molar-refractivity contribution in [1.82, 2.24) is 15.3 Å². The monoisotopic (exact) mass is 270 g/mol. The van der Waals surface area contributed by atoms with Gasteiger partial charge in [-0.15, -0.1) is 0 Å². The average molecular weight is 271 g/mol. The molecule has 4 nitrogen and oxygen atoms in total. The largest absolute Gasteiger partial charge is 0.369 e. The van der Waals surface area contributed by atoms with Crippen molar-refractivity contribution in [2.75, 3.05) is 18.4 Å². The predicted octanol–water partition coefficient (Wildman–Crippen LogP) is 1.79. The van der Waals surface area contributed by atoms with E-state index in [0.29, 0.717) is 6.04 Å². The van der Waals surface area contributed by atoms with E-state index in [0.717, 1.165) is 23.3 Å². The van der Waals surface area contributed by atoms with Crippen LogP contribution in [-0.2, 0) is 0 Å². The van der Waals surface area contributed by atoms with E-state index in [4.69, 9.17) is 0 Å². The average Bonchev–Trinajstić information content (AvgIpc) is 2.74. The van der Waals surface area contributed by atoms with Crippen LogP contribution in [0.5, 0.6) is 0 Å². The van der Waals surface area contributed by atoms with Crippen LogP contribution in [-0.4, -0.2) is 29.1 Å². The molecule has 1 atom stereocenters. The lowest BCUT2D eigenvalue weighted by atomic mass is 10.1. The van der Waals surface area contributed by atoms with Crippen LogP contribution >= 0.6 is 15.9 Å². The fourth-order valence-electron chi connectivity index (χ4n) is 1.81. The van der Waals surface area contributed by atoms with E-state index in [1.807, 2.05) is 0 Å². The molecule has 1 fully saturated rings. The van der Waals surface area contributed by atoms with E-state index >= 15 is 0 Å². The SMILES string of the molecule is Brc1cncnc1NCC[C@@H]1CCCN1. The van der Waals surface area contributed by atoms with Gasteiger partial charge in [-0.3, -0.25) is 0 Å². The molecule has 2 rings (SSSR count). The molecule has 1 aliphatic rings. The minimum absolute atomic E-state index is 0.679. The van der Waals surface area contributed by atoms with Crippen molar-refractivity contribution in [2.45, 2.75) is 25.3 Å². The molecule has 1 aliphatic heterocycles. The first-order chi connectivity index (χ1) is 7.36. The van der Waals surface area contributed by atoms with Crippen LogP contribution in [0.3, 0.4) is 0 Å². The first kappa shape index (κ1) is 10.8. The van der Waals surface area contributed by atoms with Crippen LogP contribution in [0.4, 0.5) is 5.82 Å². The fraction of sp³-hybridized carbons (Fsp3) is 0.600. The maximum absolute atomic E-state index is 4.15. The number of aromatic nitrogens is 2. The second-order valence-corrected chi connectivity index (χ2v) is 4.58. The lowest BCUT2D eigenvalue weighted by Crippen LogP contribution is -2.24. The predicted molar refractivity (Wildman–Crippen MR) is 63.9 cm³/mol. The van der Waals surface area contributed by atoms with Gasteiger partial charge in [-0.05, 0) is 41.7 Å². The minimum Gasteiger partial charge on any atom is -0.369 e. The van der Waals surface area contributed by atoms with Crippen LogP contribution in [0, 0.1) is 0 Å². The summed E-state index contributed by atoms with van der Waals surface area (Å²) in [4.78, 5) is 8.07. The highest BCUT2D eigenvalue weighted by Crippen LogP contribution is 2.17. The molecule has 0 spiro atoms. The van der Waals surface area contributed by atoms with E-state index in [1.165, 1.54) is 19.4 Å². The van der Waals surface area contributed by atoms with Gasteiger partial charge in [0.2, 0.25) is 0 Å². The molecular formula is C10H15BrN4. The molecule has 0 saturated carbocycles. The Morgan fingerprint density at radius 2 is 2.53 bits per heavy atom. The fourth-order valence-corrected chi connectivity index (χ4v) is 2.17. The summed E-state index contributed by atoms with van der Waals surface area (Å²) in [5.74, 6) is 0.878. The topological polar surface area (TPSA) is 49.8 Å². The number of halogens is 1. The maximum Gasteiger partial charge on any atom is 0.143 e. The standard InChI is InChI=1S/C10H15BrN4/c11-9-6-12-7-15-10(9)14-5-3-8-2-1-4-13-8/h6-8,13H,1-5H2,(H,12,14,15)/t8-/m0/s1. The van der Waals surface area contributed by atoms with E-state index in [2.05, 4.69) is 36.5 Å². The molecular weight excluding hydrogens is 256 g/mol. The van der Waals surface area contributed by atoms with Crippen LogP contribution in [0.15, 0.2) is 17.0 Å². The molecule has 0 aromatic carbocycles. The summed E-state index contributed by atoms with van der Waals surface area (Å²) >= 11 is 3.41. The zero-order valence-electron chi connectivity index (χ0n) is 8.54. The molecule has 1 aromatic rings. The summed E-state index contributed by atoms with van der Waals surface area (Å²) in [6.45, 7) is 2.12. The van der Waals surface area contributed by atoms with Crippen molar-refractivity contribution in [1.29, 1.82) is 0 Å². The highest BCUT2D eigenvalue weighted by Gasteiger charge is 2.13.